The Bertz CT molecular complexity index is 1220. The van der Waals surface area contributed by atoms with Crippen LogP contribution < -0.4 is 15.8 Å². The van der Waals surface area contributed by atoms with Crippen LogP contribution in [0.15, 0.2) is 60.9 Å². The van der Waals surface area contributed by atoms with Crippen molar-refractivity contribution in [3.8, 4) is 11.6 Å². The van der Waals surface area contributed by atoms with Gasteiger partial charge in [0.2, 0.25) is 5.88 Å². The molecule has 2 aromatic carbocycles. The number of carbonyl (C=O) groups is 1. The summed E-state index contributed by atoms with van der Waals surface area (Å²) in [6.45, 7) is 3.44. The van der Waals surface area contributed by atoms with Gasteiger partial charge in [-0.15, -0.1) is 0 Å². The topological polar surface area (TPSA) is 103 Å². The molecule has 4 rings (SSSR count). The van der Waals surface area contributed by atoms with Crippen LogP contribution in [-0.4, -0.2) is 20.7 Å². The molecule has 2 aromatic heterocycles. The number of aromatic nitrogens is 3. The van der Waals surface area contributed by atoms with E-state index in [1.54, 1.807) is 18.2 Å². The average Bonchev–Trinajstić information content (AvgIpc) is 2.71. The summed E-state index contributed by atoms with van der Waals surface area (Å²) in [5.41, 5.74) is 9.41. The number of benzene rings is 2. The number of fused-ring (bicyclic) bond motifs is 1. The maximum Gasteiger partial charge on any atom is 0.248 e. The maximum atomic E-state index is 11.6. The summed E-state index contributed by atoms with van der Waals surface area (Å²) in [5.74, 6) is 1.15. The Kier molecular flexibility index (Phi) is 4.78. The molecule has 0 saturated carbocycles. The van der Waals surface area contributed by atoms with E-state index in [9.17, 15) is 4.79 Å². The average molecular weight is 385 g/mol. The Morgan fingerprint density at radius 2 is 1.90 bits per heavy atom. The molecule has 0 aliphatic rings. The predicted molar refractivity (Wildman–Crippen MR) is 113 cm³/mol. The van der Waals surface area contributed by atoms with E-state index in [1.807, 2.05) is 43.3 Å². The van der Waals surface area contributed by atoms with Gasteiger partial charge < -0.3 is 15.8 Å². The lowest BCUT2D eigenvalue weighted by Crippen LogP contribution is -2.04. The molecule has 0 bridgehead atoms. The molecule has 0 radical (unpaired) electrons. The van der Waals surface area contributed by atoms with Crippen LogP contribution in [0.3, 0.4) is 0 Å². The quantitative estimate of drug-likeness (QED) is 0.482. The minimum Gasteiger partial charge on any atom is -0.435 e. The number of hydrogen-bond donors (Lipinski definition) is 2. The molecule has 7 nitrogen and oxygen atoms in total. The van der Waals surface area contributed by atoms with Gasteiger partial charge in [-0.3, -0.25) is 4.79 Å². The van der Waals surface area contributed by atoms with Crippen molar-refractivity contribution in [2.45, 2.75) is 13.8 Å². The number of aryl methyl sites for hydroxylation is 1. The minimum atomic E-state index is -0.0212. The second-order valence-electron chi connectivity index (χ2n) is 6.59. The summed E-state index contributed by atoms with van der Waals surface area (Å²) in [6.07, 6.45) is 1.37. The normalized spacial score (nSPS) is 10.7. The van der Waals surface area contributed by atoms with Crippen molar-refractivity contribution in [3.05, 3.63) is 72.2 Å². The Hall–Kier alpha value is -4.00. The number of nitrogens with two attached hydrogens (primary N) is 1. The van der Waals surface area contributed by atoms with Gasteiger partial charge >= 0.3 is 0 Å². The number of nitrogen functional groups attached to an aromatic ring is 1. The standard InChI is InChI=1S/C22H19N5O2/c1-13-9-10-15-5-4-8-18(20(15)26-13)29-22-19(23)21(24-12-25-22)27-17-7-3-6-16(11-17)14(2)28/h3-12H,23H2,1-2H3,(H,24,25,27). The van der Waals surface area contributed by atoms with Crippen LogP contribution >= 0.6 is 0 Å². The van der Waals surface area contributed by atoms with Crippen molar-refractivity contribution >= 4 is 33.9 Å². The first kappa shape index (κ1) is 18.4. The summed E-state index contributed by atoms with van der Waals surface area (Å²) in [7, 11) is 0. The van der Waals surface area contributed by atoms with E-state index in [1.165, 1.54) is 13.3 Å². The van der Waals surface area contributed by atoms with Crippen LogP contribution in [0.5, 0.6) is 11.6 Å². The van der Waals surface area contributed by atoms with Crippen LogP contribution in [0, 0.1) is 6.92 Å². The minimum absolute atomic E-state index is 0.0212. The third-order valence-electron chi connectivity index (χ3n) is 4.41. The van der Waals surface area contributed by atoms with Crippen molar-refractivity contribution in [2.24, 2.45) is 0 Å². The van der Waals surface area contributed by atoms with E-state index in [0.29, 0.717) is 22.8 Å². The molecule has 0 fully saturated rings. The number of nitrogens with zero attached hydrogens (tertiary/aromatic N) is 3. The summed E-state index contributed by atoms with van der Waals surface area (Å²) < 4.78 is 5.99. The van der Waals surface area contributed by atoms with Gasteiger partial charge in [-0.2, -0.15) is 4.98 Å². The summed E-state index contributed by atoms with van der Waals surface area (Å²) in [4.78, 5) is 24.5. The molecule has 2 heterocycles. The number of hydrogen-bond acceptors (Lipinski definition) is 7. The van der Waals surface area contributed by atoms with E-state index in [4.69, 9.17) is 10.5 Å². The van der Waals surface area contributed by atoms with Gasteiger partial charge in [0.1, 0.15) is 17.5 Å². The van der Waals surface area contributed by atoms with Crippen LogP contribution in [0.1, 0.15) is 23.0 Å². The van der Waals surface area contributed by atoms with Crippen molar-refractivity contribution in [3.63, 3.8) is 0 Å². The fourth-order valence-corrected chi connectivity index (χ4v) is 2.92. The van der Waals surface area contributed by atoms with E-state index >= 15 is 0 Å². The smallest absolute Gasteiger partial charge is 0.248 e. The molecule has 0 atom stereocenters. The molecule has 7 heteroatoms. The van der Waals surface area contributed by atoms with Crippen molar-refractivity contribution in [2.75, 3.05) is 11.1 Å². The summed E-state index contributed by atoms with van der Waals surface area (Å²) in [5, 5.41) is 4.07. The Balaban J connectivity index is 1.67. The van der Waals surface area contributed by atoms with Gasteiger partial charge in [0, 0.05) is 22.3 Å². The van der Waals surface area contributed by atoms with Gasteiger partial charge in [-0.25, -0.2) is 9.97 Å². The van der Waals surface area contributed by atoms with E-state index in [-0.39, 0.29) is 17.4 Å². The number of Topliss-reactive ketones (excluding diaryl/α,β-unsaturated/α-hetero) is 1. The molecule has 3 N–H and O–H groups in total. The number of carbonyl (C=O) groups excluding carboxylic acids is 1. The highest BCUT2D eigenvalue weighted by atomic mass is 16.5. The highest BCUT2D eigenvalue weighted by molar-refractivity contribution is 5.95. The fraction of sp³-hybridized carbons (Fsp3) is 0.0909. The first-order chi connectivity index (χ1) is 14.0. The predicted octanol–water partition coefficient (Wildman–Crippen LogP) is 4.65. The maximum absolute atomic E-state index is 11.6. The Labute approximate surface area is 167 Å². The molecule has 0 saturated heterocycles. The van der Waals surface area contributed by atoms with Crippen LogP contribution in [-0.2, 0) is 0 Å². The monoisotopic (exact) mass is 385 g/mol. The lowest BCUT2D eigenvalue weighted by Gasteiger charge is -2.13. The molecule has 0 aliphatic carbocycles. The third kappa shape index (κ3) is 3.84. The first-order valence-electron chi connectivity index (χ1n) is 9.04. The SMILES string of the molecule is CC(=O)c1cccc(Nc2ncnc(Oc3cccc4ccc(C)nc34)c2N)c1. The zero-order valence-corrected chi connectivity index (χ0v) is 16.0. The van der Waals surface area contributed by atoms with Gasteiger partial charge in [0.15, 0.2) is 17.4 Å². The van der Waals surface area contributed by atoms with Crippen LogP contribution in [0.4, 0.5) is 17.2 Å². The van der Waals surface area contributed by atoms with Crippen molar-refractivity contribution in [1.29, 1.82) is 0 Å². The van der Waals surface area contributed by atoms with E-state index < -0.39 is 0 Å². The Morgan fingerprint density at radius 3 is 2.72 bits per heavy atom. The Morgan fingerprint density at radius 1 is 1.07 bits per heavy atom. The summed E-state index contributed by atoms with van der Waals surface area (Å²) in [6, 6.07) is 16.7. The zero-order valence-electron chi connectivity index (χ0n) is 16.0. The van der Waals surface area contributed by atoms with Gasteiger partial charge in [0.05, 0.1) is 0 Å². The van der Waals surface area contributed by atoms with E-state index in [2.05, 4.69) is 20.3 Å². The zero-order chi connectivity index (χ0) is 20.4. The molecular weight excluding hydrogens is 366 g/mol. The number of anilines is 3. The van der Waals surface area contributed by atoms with Crippen LogP contribution in [0.2, 0.25) is 0 Å². The lowest BCUT2D eigenvalue weighted by atomic mass is 10.1. The molecule has 4 aromatic rings. The third-order valence-corrected chi connectivity index (χ3v) is 4.41. The highest BCUT2D eigenvalue weighted by Gasteiger charge is 2.13. The largest absolute Gasteiger partial charge is 0.435 e. The lowest BCUT2D eigenvalue weighted by molar-refractivity contribution is 0.101. The summed E-state index contributed by atoms with van der Waals surface area (Å²) >= 11 is 0. The van der Waals surface area contributed by atoms with Gasteiger partial charge in [-0.05, 0) is 38.1 Å². The number of ketones is 1. The first-order valence-corrected chi connectivity index (χ1v) is 9.04. The molecule has 29 heavy (non-hydrogen) atoms. The van der Waals surface area contributed by atoms with Crippen molar-refractivity contribution in [1.82, 2.24) is 15.0 Å². The number of nitrogens with one attached hydrogen (secondary N) is 1. The molecular formula is C22H19N5O2. The number of para-hydroxylation sites is 1. The second-order valence-corrected chi connectivity index (χ2v) is 6.59. The highest BCUT2D eigenvalue weighted by Crippen LogP contribution is 2.33. The van der Waals surface area contributed by atoms with Gasteiger partial charge in [0.25, 0.3) is 0 Å². The van der Waals surface area contributed by atoms with Crippen molar-refractivity contribution < 1.29 is 9.53 Å². The fourth-order valence-electron chi connectivity index (χ4n) is 2.92. The number of ether oxygens (including phenoxy) is 1. The van der Waals surface area contributed by atoms with Crippen LogP contribution in [0.25, 0.3) is 10.9 Å². The number of pyridine rings is 1. The number of rotatable bonds is 5. The molecule has 0 spiro atoms. The molecule has 0 unspecified atom stereocenters. The molecule has 0 amide bonds. The van der Waals surface area contributed by atoms with E-state index in [0.717, 1.165) is 16.6 Å². The van der Waals surface area contributed by atoms with Gasteiger partial charge in [-0.1, -0.05) is 30.3 Å². The molecule has 144 valence electrons. The second kappa shape index (κ2) is 7.55. The molecule has 0 aliphatic heterocycles.